The lowest BCUT2D eigenvalue weighted by Gasteiger charge is -2.03. The van der Waals surface area contributed by atoms with Gasteiger partial charge in [0, 0.05) is 24.0 Å². The van der Waals surface area contributed by atoms with Gasteiger partial charge >= 0.3 is 15.2 Å². The number of aromatic nitrogens is 2. The maximum atomic E-state index is 10.9. The Morgan fingerprint density at radius 2 is 1.12 bits per heavy atom. The molecule has 126 valence electrons. The molecule has 0 aliphatic rings. The van der Waals surface area contributed by atoms with Gasteiger partial charge in [0.25, 0.3) is 0 Å². The molecule has 0 unspecified atom stereocenters. The van der Waals surface area contributed by atoms with E-state index < -0.39 is 15.2 Å². The highest BCUT2D eigenvalue weighted by atomic mass is 31.2. The Balaban J connectivity index is 2.32. The van der Waals surface area contributed by atoms with Crippen LogP contribution in [0, 0.1) is 0 Å². The standard InChI is InChI=1S/C14H14N2O6P2/c17-23(18,19)7-3-11-1-5-15-13(9-11)14-10-12(2-6-16-14)4-8-24(20,21)22/h1-10H,(H2,17,18,19)(H2,20,21,22)/b7-3+,8-4+. The van der Waals surface area contributed by atoms with Gasteiger partial charge in [0.05, 0.1) is 11.4 Å². The minimum absolute atomic E-state index is 0.453. The summed E-state index contributed by atoms with van der Waals surface area (Å²) >= 11 is 0. The zero-order valence-corrected chi connectivity index (χ0v) is 14.0. The molecule has 2 rings (SSSR count). The molecular formula is C14H14N2O6P2. The van der Waals surface area contributed by atoms with E-state index in [1.165, 1.54) is 24.5 Å². The molecule has 0 aromatic carbocycles. The van der Waals surface area contributed by atoms with Crippen molar-refractivity contribution in [2.45, 2.75) is 0 Å². The van der Waals surface area contributed by atoms with E-state index in [1.807, 2.05) is 0 Å². The fourth-order valence-electron chi connectivity index (χ4n) is 1.75. The van der Waals surface area contributed by atoms with Gasteiger partial charge in [-0.3, -0.25) is 19.1 Å². The molecule has 0 radical (unpaired) electrons. The molecule has 0 fully saturated rings. The summed E-state index contributed by atoms with van der Waals surface area (Å²) in [5.74, 6) is 1.58. The number of nitrogens with zero attached hydrogens (tertiary/aromatic N) is 2. The van der Waals surface area contributed by atoms with E-state index in [0.717, 1.165) is 11.6 Å². The second kappa shape index (κ2) is 7.32. The predicted octanol–water partition coefficient (Wildman–Crippen LogP) is 2.44. The van der Waals surface area contributed by atoms with E-state index >= 15 is 0 Å². The second-order valence-corrected chi connectivity index (χ2v) is 7.71. The Morgan fingerprint density at radius 3 is 1.46 bits per heavy atom. The van der Waals surface area contributed by atoms with Crippen molar-refractivity contribution in [3.05, 3.63) is 59.4 Å². The molecular weight excluding hydrogens is 354 g/mol. The topological polar surface area (TPSA) is 141 Å². The molecule has 0 amide bonds. The first-order valence-electron chi connectivity index (χ1n) is 6.54. The lowest BCUT2D eigenvalue weighted by molar-refractivity contribution is 0.384. The molecule has 0 aliphatic carbocycles. The van der Waals surface area contributed by atoms with Crippen molar-refractivity contribution in [3.8, 4) is 11.4 Å². The van der Waals surface area contributed by atoms with Crippen LogP contribution in [0.2, 0.25) is 0 Å². The van der Waals surface area contributed by atoms with Crippen molar-refractivity contribution in [1.82, 2.24) is 9.97 Å². The fourth-order valence-corrected chi connectivity index (χ4v) is 2.48. The monoisotopic (exact) mass is 368 g/mol. The van der Waals surface area contributed by atoms with Crippen LogP contribution in [0.1, 0.15) is 11.1 Å². The van der Waals surface area contributed by atoms with E-state index in [0.29, 0.717) is 22.5 Å². The van der Waals surface area contributed by atoms with Crippen molar-refractivity contribution in [3.63, 3.8) is 0 Å². The molecule has 8 nitrogen and oxygen atoms in total. The van der Waals surface area contributed by atoms with Gasteiger partial charge < -0.3 is 19.6 Å². The third kappa shape index (κ3) is 6.29. The van der Waals surface area contributed by atoms with Gasteiger partial charge in [0.15, 0.2) is 0 Å². The highest BCUT2D eigenvalue weighted by Crippen LogP contribution is 2.37. The average molecular weight is 368 g/mol. The highest BCUT2D eigenvalue weighted by molar-refractivity contribution is 7.55. The van der Waals surface area contributed by atoms with Crippen LogP contribution < -0.4 is 0 Å². The Hall–Kier alpha value is -1.92. The van der Waals surface area contributed by atoms with E-state index in [2.05, 4.69) is 9.97 Å². The van der Waals surface area contributed by atoms with Crippen LogP contribution in [-0.2, 0) is 9.13 Å². The van der Waals surface area contributed by atoms with Gasteiger partial charge in [-0.1, -0.05) is 0 Å². The molecule has 0 spiro atoms. The smallest absolute Gasteiger partial charge is 0.321 e. The predicted molar refractivity (Wildman–Crippen MR) is 89.6 cm³/mol. The SMILES string of the molecule is O=P(O)(O)/C=C/c1ccnc(-c2cc(/C=C/P(=O)(O)O)ccn2)c1. The maximum Gasteiger partial charge on any atom is 0.349 e. The zero-order chi connectivity index (χ0) is 17.8. The van der Waals surface area contributed by atoms with Gasteiger partial charge in [0.1, 0.15) is 0 Å². The van der Waals surface area contributed by atoms with Crippen LogP contribution in [-0.4, -0.2) is 29.5 Å². The van der Waals surface area contributed by atoms with Crippen LogP contribution in [0.4, 0.5) is 0 Å². The van der Waals surface area contributed by atoms with E-state index in [9.17, 15) is 9.13 Å². The minimum atomic E-state index is -4.25. The molecule has 10 heteroatoms. The second-order valence-electron chi connectivity index (χ2n) is 4.76. The highest BCUT2D eigenvalue weighted by Gasteiger charge is 2.08. The average Bonchev–Trinajstić information content (AvgIpc) is 2.50. The normalized spacial score (nSPS) is 13.0. The number of rotatable bonds is 5. The van der Waals surface area contributed by atoms with E-state index in [4.69, 9.17) is 19.6 Å². The molecule has 0 atom stereocenters. The summed E-state index contributed by atoms with van der Waals surface area (Å²) in [5, 5.41) is 0. The molecule has 0 aliphatic heterocycles. The summed E-state index contributed by atoms with van der Waals surface area (Å²) in [7, 11) is -8.50. The molecule has 2 aromatic rings. The molecule has 2 aromatic heterocycles. The maximum absolute atomic E-state index is 10.9. The van der Waals surface area contributed by atoms with Crippen LogP contribution in [0.3, 0.4) is 0 Å². The molecule has 0 saturated heterocycles. The molecule has 0 saturated carbocycles. The first kappa shape index (κ1) is 18.4. The summed E-state index contributed by atoms with van der Waals surface area (Å²) in [6.07, 6.45) is 5.50. The molecule has 2 heterocycles. The van der Waals surface area contributed by atoms with Crippen LogP contribution >= 0.6 is 15.2 Å². The summed E-state index contributed by atoms with van der Waals surface area (Å²) in [5.41, 5.74) is 1.96. The summed E-state index contributed by atoms with van der Waals surface area (Å²) in [6, 6.07) is 6.33. The first-order valence-corrected chi connectivity index (χ1v) is 9.90. The van der Waals surface area contributed by atoms with E-state index in [-0.39, 0.29) is 0 Å². The van der Waals surface area contributed by atoms with Crippen molar-refractivity contribution in [1.29, 1.82) is 0 Å². The van der Waals surface area contributed by atoms with Crippen LogP contribution in [0.15, 0.2) is 48.3 Å². The first-order chi connectivity index (χ1) is 11.1. The van der Waals surface area contributed by atoms with Crippen molar-refractivity contribution in [2.24, 2.45) is 0 Å². The van der Waals surface area contributed by atoms with Crippen LogP contribution in [0.5, 0.6) is 0 Å². The van der Waals surface area contributed by atoms with Crippen molar-refractivity contribution in [2.75, 3.05) is 0 Å². The Morgan fingerprint density at radius 1 is 0.750 bits per heavy atom. The Labute approximate surface area is 137 Å². The van der Waals surface area contributed by atoms with Gasteiger partial charge in [-0.05, 0) is 47.5 Å². The van der Waals surface area contributed by atoms with Gasteiger partial charge in [0.2, 0.25) is 0 Å². The summed E-state index contributed by atoms with van der Waals surface area (Å²) < 4.78 is 21.7. The lowest BCUT2D eigenvalue weighted by Crippen LogP contribution is -1.89. The summed E-state index contributed by atoms with van der Waals surface area (Å²) in [6.45, 7) is 0. The van der Waals surface area contributed by atoms with Gasteiger partial charge in [-0.25, -0.2) is 0 Å². The third-order valence-corrected chi connectivity index (χ3v) is 3.83. The van der Waals surface area contributed by atoms with Gasteiger partial charge in [-0.15, -0.1) is 0 Å². The lowest BCUT2D eigenvalue weighted by atomic mass is 10.1. The van der Waals surface area contributed by atoms with Crippen molar-refractivity contribution >= 4 is 27.3 Å². The molecule has 0 bridgehead atoms. The Bertz CT molecular complexity index is 811. The van der Waals surface area contributed by atoms with E-state index in [1.54, 1.807) is 24.3 Å². The number of pyridine rings is 2. The molecule has 4 N–H and O–H groups in total. The van der Waals surface area contributed by atoms with Crippen molar-refractivity contribution < 1.29 is 28.7 Å². The minimum Gasteiger partial charge on any atom is -0.321 e. The zero-order valence-electron chi connectivity index (χ0n) is 12.2. The number of hydrogen-bond acceptors (Lipinski definition) is 4. The van der Waals surface area contributed by atoms with Gasteiger partial charge in [-0.2, -0.15) is 0 Å². The third-order valence-electron chi connectivity index (χ3n) is 2.75. The summed E-state index contributed by atoms with van der Waals surface area (Å²) in [4.78, 5) is 43.7. The number of hydrogen-bond donors (Lipinski definition) is 4. The van der Waals surface area contributed by atoms with Crippen LogP contribution in [0.25, 0.3) is 23.5 Å². The molecule has 24 heavy (non-hydrogen) atoms. The largest absolute Gasteiger partial charge is 0.349 e. The quantitative estimate of drug-likeness (QED) is 0.590. The fraction of sp³-hybridized carbons (Fsp3) is 0. The Kier molecular flexibility index (Phi) is 5.62.